The lowest BCUT2D eigenvalue weighted by Gasteiger charge is -2.18. The number of fused-ring (bicyclic) bond motifs is 3. The number of aromatic nitrogens is 6. The standard InChI is InChI=1S/C23H21ClN6/c1-14-5-10-17(24)11-19(14)30-21-18(12-26-30)22-28-27-20(29(22)13-25-21)15-6-8-16(9-7-15)23(2,3)4/h5-13H,1-4H3. The van der Waals surface area contributed by atoms with E-state index in [1.807, 2.05) is 29.5 Å². The van der Waals surface area contributed by atoms with Gasteiger partial charge in [0.2, 0.25) is 0 Å². The number of rotatable bonds is 2. The summed E-state index contributed by atoms with van der Waals surface area (Å²) in [7, 11) is 0. The predicted octanol–water partition coefficient (Wildman–Crippen LogP) is 5.39. The van der Waals surface area contributed by atoms with Crippen LogP contribution in [0.4, 0.5) is 0 Å². The summed E-state index contributed by atoms with van der Waals surface area (Å²) in [6.45, 7) is 8.63. The van der Waals surface area contributed by atoms with E-state index in [1.165, 1.54) is 5.56 Å². The van der Waals surface area contributed by atoms with Gasteiger partial charge in [0.05, 0.1) is 17.3 Å². The Morgan fingerprint density at radius 2 is 1.70 bits per heavy atom. The lowest BCUT2D eigenvalue weighted by Crippen LogP contribution is -2.10. The van der Waals surface area contributed by atoms with Gasteiger partial charge in [-0.1, -0.05) is 62.7 Å². The summed E-state index contributed by atoms with van der Waals surface area (Å²) in [6.07, 6.45) is 3.53. The molecule has 2 aromatic carbocycles. The SMILES string of the molecule is Cc1ccc(Cl)cc1-n1ncc2c1ncn1c(-c3ccc(C(C)(C)C)cc3)nnc21. The van der Waals surface area contributed by atoms with Gasteiger partial charge < -0.3 is 0 Å². The number of nitrogens with zero attached hydrogens (tertiary/aromatic N) is 6. The van der Waals surface area contributed by atoms with E-state index in [0.29, 0.717) is 5.02 Å². The summed E-state index contributed by atoms with van der Waals surface area (Å²) < 4.78 is 3.70. The molecule has 0 aliphatic heterocycles. The average molecular weight is 417 g/mol. The Kier molecular flexibility index (Phi) is 4.15. The van der Waals surface area contributed by atoms with Crippen molar-refractivity contribution in [2.75, 3.05) is 0 Å². The molecule has 30 heavy (non-hydrogen) atoms. The normalized spacial score (nSPS) is 12.2. The fraction of sp³-hybridized carbons (Fsp3) is 0.217. The molecule has 0 fully saturated rings. The first-order valence-electron chi connectivity index (χ1n) is 9.78. The van der Waals surface area contributed by atoms with Crippen LogP contribution in [0.25, 0.3) is 33.8 Å². The third-order valence-corrected chi connectivity index (χ3v) is 5.62. The maximum atomic E-state index is 6.20. The molecular formula is C23H21ClN6. The Hall–Kier alpha value is -3.25. The van der Waals surface area contributed by atoms with E-state index in [-0.39, 0.29) is 5.41 Å². The molecule has 0 radical (unpaired) electrons. The van der Waals surface area contributed by atoms with Gasteiger partial charge in [-0.15, -0.1) is 10.2 Å². The molecule has 7 heteroatoms. The largest absolute Gasteiger partial charge is 0.265 e. The highest BCUT2D eigenvalue weighted by Crippen LogP contribution is 2.28. The van der Waals surface area contributed by atoms with E-state index >= 15 is 0 Å². The summed E-state index contributed by atoms with van der Waals surface area (Å²) >= 11 is 6.20. The number of hydrogen-bond acceptors (Lipinski definition) is 4. The predicted molar refractivity (Wildman–Crippen MR) is 119 cm³/mol. The van der Waals surface area contributed by atoms with Crippen LogP contribution in [0.5, 0.6) is 0 Å². The third-order valence-electron chi connectivity index (χ3n) is 5.38. The van der Waals surface area contributed by atoms with Crippen LogP contribution in [0.3, 0.4) is 0 Å². The number of aryl methyl sites for hydroxylation is 1. The van der Waals surface area contributed by atoms with Crippen LogP contribution in [0.15, 0.2) is 55.0 Å². The second kappa shape index (κ2) is 6.64. The highest BCUT2D eigenvalue weighted by atomic mass is 35.5. The van der Waals surface area contributed by atoms with Crippen molar-refractivity contribution < 1.29 is 0 Å². The lowest BCUT2D eigenvalue weighted by atomic mass is 9.87. The topological polar surface area (TPSA) is 60.9 Å². The molecule has 3 heterocycles. The van der Waals surface area contributed by atoms with Crippen molar-refractivity contribution >= 4 is 28.3 Å². The molecule has 150 valence electrons. The molecule has 0 saturated heterocycles. The van der Waals surface area contributed by atoms with Gasteiger partial charge in [0.1, 0.15) is 6.33 Å². The molecule has 0 bridgehead atoms. The fourth-order valence-electron chi connectivity index (χ4n) is 3.62. The van der Waals surface area contributed by atoms with Gasteiger partial charge in [-0.2, -0.15) is 5.10 Å². The maximum absolute atomic E-state index is 6.20. The zero-order valence-electron chi connectivity index (χ0n) is 17.3. The minimum Gasteiger partial charge on any atom is -0.265 e. The third kappa shape index (κ3) is 2.95. The van der Waals surface area contributed by atoms with Crippen LogP contribution in [-0.4, -0.2) is 29.4 Å². The monoisotopic (exact) mass is 416 g/mol. The molecule has 5 aromatic rings. The van der Waals surface area contributed by atoms with Crippen LogP contribution in [0.2, 0.25) is 5.02 Å². The van der Waals surface area contributed by atoms with Crippen molar-refractivity contribution in [3.63, 3.8) is 0 Å². The lowest BCUT2D eigenvalue weighted by molar-refractivity contribution is 0.590. The first kappa shape index (κ1) is 18.8. The van der Waals surface area contributed by atoms with Gasteiger partial charge >= 0.3 is 0 Å². The Balaban J connectivity index is 1.64. The summed E-state index contributed by atoms with van der Waals surface area (Å²) in [5.41, 5.74) is 5.77. The molecule has 0 unspecified atom stereocenters. The van der Waals surface area contributed by atoms with Crippen molar-refractivity contribution in [1.82, 2.24) is 29.4 Å². The van der Waals surface area contributed by atoms with Gasteiger partial charge in [-0.3, -0.25) is 4.40 Å². The molecule has 0 N–H and O–H groups in total. The maximum Gasteiger partial charge on any atom is 0.175 e. The van der Waals surface area contributed by atoms with E-state index in [1.54, 1.807) is 17.2 Å². The molecule has 5 rings (SSSR count). The summed E-state index contributed by atoms with van der Waals surface area (Å²) in [6, 6.07) is 14.2. The molecule has 3 aromatic heterocycles. The molecule has 0 aliphatic rings. The Morgan fingerprint density at radius 3 is 2.43 bits per heavy atom. The van der Waals surface area contributed by atoms with Crippen LogP contribution >= 0.6 is 11.6 Å². The van der Waals surface area contributed by atoms with E-state index in [4.69, 9.17) is 11.6 Å². The Bertz CT molecular complexity index is 1390. The Labute approximate surface area is 179 Å². The highest BCUT2D eigenvalue weighted by Gasteiger charge is 2.18. The smallest absolute Gasteiger partial charge is 0.175 e. The van der Waals surface area contributed by atoms with Crippen LogP contribution < -0.4 is 0 Å². The van der Waals surface area contributed by atoms with E-state index < -0.39 is 0 Å². The number of halogens is 1. The van der Waals surface area contributed by atoms with Crippen molar-refractivity contribution in [2.24, 2.45) is 0 Å². The average Bonchev–Trinajstić information content (AvgIpc) is 3.33. The molecule has 0 aliphatic carbocycles. The number of benzene rings is 2. The second-order valence-corrected chi connectivity index (χ2v) is 8.95. The van der Waals surface area contributed by atoms with E-state index in [2.05, 4.69) is 65.3 Å². The van der Waals surface area contributed by atoms with Gasteiger partial charge in [0, 0.05) is 10.6 Å². The van der Waals surface area contributed by atoms with E-state index in [0.717, 1.165) is 39.3 Å². The minimum absolute atomic E-state index is 0.103. The first-order valence-corrected chi connectivity index (χ1v) is 10.2. The molecule has 0 amide bonds. The van der Waals surface area contributed by atoms with Crippen molar-refractivity contribution in [2.45, 2.75) is 33.1 Å². The van der Waals surface area contributed by atoms with E-state index in [9.17, 15) is 0 Å². The zero-order chi connectivity index (χ0) is 21.0. The molecular weight excluding hydrogens is 396 g/mol. The molecule has 0 spiro atoms. The number of hydrogen-bond donors (Lipinski definition) is 0. The van der Waals surface area contributed by atoms with Crippen LogP contribution in [0.1, 0.15) is 31.9 Å². The van der Waals surface area contributed by atoms with Gasteiger partial charge in [0.25, 0.3) is 0 Å². The molecule has 0 saturated carbocycles. The quantitative estimate of drug-likeness (QED) is 0.387. The zero-order valence-corrected chi connectivity index (χ0v) is 18.0. The van der Waals surface area contributed by atoms with Crippen molar-refractivity contribution in [3.8, 4) is 17.1 Å². The summed E-state index contributed by atoms with van der Waals surface area (Å²) in [5, 5.41) is 14.9. The first-order chi connectivity index (χ1) is 14.3. The van der Waals surface area contributed by atoms with Crippen molar-refractivity contribution in [3.05, 3.63) is 71.1 Å². The highest BCUT2D eigenvalue weighted by molar-refractivity contribution is 6.30. The summed E-state index contributed by atoms with van der Waals surface area (Å²) in [4.78, 5) is 4.67. The van der Waals surface area contributed by atoms with Crippen LogP contribution in [0, 0.1) is 6.92 Å². The second-order valence-electron chi connectivity index (χ2n) is 8.51. The van der Waals surface area contributed by atoms with Gasteiger partial charge in [0.15, 0.2) is 17.1 Å². The summed E-state index contributed by atoms with van der Waals surface area (Å²) in [5.74, 6) is 0.756. The molecule has 6 nitrogen and oxygen atoms in total. The fourth-order valence-corrected chi connectivity index (χ4v) is 3.79. The molecule has 0 atom stereocenters. The van der Waals surface area contributed by atoms with Gasteiger partial charge in [-0.05, 0) is 35.6 Å². The Morgan fingerprint density at radius 1 is 0.933 bits per heavy atom. The van der Waals surface area contributed by atoms with Gasteiger partial charge in [-0.25, -0.2) is 9.67 Å². The van der Waals surface area contributed by atoms with Crippen LogP contribution in [-0.2, 0) is 5.41 Å². The van der Waals surface area contributed by atoms with Crippen molar-refractivity contribution in [1.29, 1.82) is 0 Å². The minimum atomic E-state index is 0.103.